The number of pyridine rings is 1. The summed E-state index contributed by atoms with van der Waals surface area (Å²) in [5.74, 6) is 5.46. The van der Waals surface area contributed by atoms with Crippen molar-refractivity contribution in [2.45, 2.75) is 23.2 Å². The molecule has 0 fully saturated rings. The second-order valence-electron chi connectivity index (χ2n) is 3.80. The van der Waals surface area contributed by atoms with Crippen LogP contribution < -0.4 is 11.3 Å². The van der Waals surface area contributed by atoms with E-state index in [1.165, 1.54) is 6.07 Å². The van der Waals surface area contributed by atoms with Crippen LogP contribution in [-0.2, 0) is 6.18 Å². The van der Waals surface area contributed by atoms with Gasteiger partial charge >= 0.3 is 6.18 Å². The zero-order valence-electron chi connectivity index (χ0n) is 10.3. The van der Waals surface area contributed by atoms with Crippen LogP contribution in [0.4, 0.5) is 19.1 Å². The minimum Gasteiger partial charge on any atom is -0.292 e. The number of nitrogens with one attached hydrogen (secondary N) is 1. The highest BCUT2D eigenvalue weighted by Gasteiger charge is 2.30. The van der Waals surface area contributed by atoms with E-state index >= 15 is 0 Å². The molecular weight excluding hydrogens is 291 g/mol. The molecule has 0 amide bonds. The maximum atomic E-state index is 12.4. The van der Waals surface area contributed by atoms with Crippen LogP contribution in [0, 0.1) is 6.92 Å². The number of hydrogen-bond donors (Lipinski definition) is 2. The van der Waals surface area contributed by atoms with E-state index in [0.29, 0.717) is 15.7 Å². The molecule has 0 bridgehead atoms. The van der Waals surface area contributed by atoms with Gasteiger partial charge in [0.15, 0.2) is 0 Å². The number of nitrogens with two attached hydrogens (primary N) is 1. The fourth-order valence-electron chi connectivity index (χ4n) is 1.37. The Bertz CT molecular complexity index is 600. The highest BCUT2D eigenvalue weighted by Crippen LogP contribution is 2.31. The summed E-state index contributed by atoms with van der Waals surface area (Å²) in [7, 11) is 0. The lowest BCUT2D eigenvalue weighted by Gasteiger charge is -2.07. The molecule has 0 saturated carbocycles. The molecule has 2 rings (SSSR count). The molecule has 0 aliphatic rings. The van der Waals surface area contributed by atoms with E-state index in [4.69, 9.17) is 5.84 Å². The molecule has 2 aromatic rings. The first kappa shape index (κ1) is 14.5. The van der Waals surface area contributed by atoms with Crippen LogP contribution in [0.1, 0.15) is 11.3 Å². The van der Waals surface area contributed by atoms with Gasteiger partial charge < -0.3 is 0 Å². The van der Waals surface area contributed by atoms with Crippen molar-refractivity contribution >= 4 is 17.7 Å². The summed E-state index contributed by atoms with van der Waals surface area (Å²) in [6, 6.07) is 3.96. The van der Waals surface area contributed by atoms with Gasteiger partial charge in [-0.25, -0.2) is 20.8 Å². The third-order valence-electron chi connectivity index (χ3n) is 2.23. The molecule has 0 unspecified atom stereocenters. The molecule has 0 aliphatic carbocycles. The van der Waals surface area contributed by atoms with Gasteiger partial charge in [-0.3, -0.25) is 5.43 Å². The Balaban J connectivity index is 2.20. The number of rotatable bonds is 3. The average Bonchev–Trinajstić information content (AvgIpc) is 2.37. The summed E-state index contributed by atoms with van der Waals surface area (Å²) in [6.45, 7) is 1.76. The van der Waals surface area contributed by atoms with E-state index in [0.717, 1.165) is 24.0 Å². The van der Waals surface area contributed by atoms with Crippen molar-refractivity contribution < 1.29 is 13.2 Å². The van der Waals surface area contributed by atoms with Crippen molar-refractivity contribution in [3.8, 4) is 0 Å². The number of alkyl halides is 3. The summed E-state index contributed by atoms with van der Waals surface area (Å²) in [6.07, 6.45) is -3.60. The van der Waals surface area contributed by atoms with Crippen LogP contribution in [0.2, 0.25) is 0 Å². The first-order chi connectivity index (χ1) is 9.38. The van der Waals surface area contributed by atoms with Crippen molar-refractivity contribution in [2.24, 2.45) is 5.84 Å². The molecule has 9 heteroatoms. The molecule has 106 valence electrons. The lowest BCUT2D eigenvalue weighted by molar-refractivity contribution is -0.137. The molecule has 20 heavy (non-hydrogen) atoms. The summed E-state index contributed by atoms with van der Waals surface area (Å²) in [5.41, 5.74) is 2.21. The van der Waals surface area contributed by atoms with Gasteiger partial charge in [-0.1, -0.05) is 0 Å². The van der Waals surface area contributed by atoms with Crippen LogP contribution in [0.5, 0.6) is 0 Å². The van der Waals surface area contributed by atoms with E-state index in [1.807, 2.05) is 0 Å². The van der Waals surface area contributed by atoms with Crippen molar-refractivity contribution in [2.75, 3.05) is 5.43 Å². The molecule has 2 aromatic heterocycles. The summed E-state index contributed by atoms with van der Waals surface area (Å²) < 4.78 is 37.2. The highest BCUT2D eigenvalue weighted by molar-refractivity contribution is 7.99. The Hall–Kier alpha value is -1.87. The molecular formula is C11H10F3N5S. The number of nitrogen functional groups attached to an aromatic ring is 1. The van der Waals surface area contributed by atoms with Crippen molar-refractivity contribution in [1.82, 2.24) is 15.0 Å². The first-order valence-electron chi connectivity index (χ1n) is 5.42. The predicted molar refractivity (Wildman–Crippen MR) is 67.9 cm³/mol. The Labute approximate surface area is 116 Å². The third-order valence-corrected chi connectivity index (χ3v) is 3.10. The minimum atomic E-state index is -4.39. The number of aromatic nitrogens is 3. The molecule has 0 saturated heterocycles. The minimum absolute atomic E-state index is 0.236. The fraction of sp³-hybridized carbons (Fsp3) is 0.182. The largest absolute Gasteiger partial charge is 0.417 e. The zero-order valence-corrected chi connectivity index (χ0v) is 11.1. The van der Waals surface area contributed by atoms with Crippen LogP contribution >= 0.6 is 11.8 Å². The number of nitrogens with zero attached hydrogens (tertiary/aromatic N) is 3. The predicted octanol–water partition coefficient (Wildman–Crippen LogP) is 2.64. The number of hydrazine groups is 1. The van der Waals surface area contributed by atoms with Gasteiger partial charge in [0.05, 0.1) is 5.56 Å². The smallest absolute Gasteiger partial charge is 0.292 e. The van der Waals surface area contributed by atoms with Gasteiger partial charge in [0.25, 0.3) is 0 Å². The molecule has 0 spiro atoms. The van der Waals surface area contributed by atoms with Gasteiger partial charge in [0, 0.05) is 11.9 Å². The Kier molecular flexibility index (Phi) is 4.09. The van der Waals surface area contributed by atoms with Crippen LogP contribution in [0.25, 0.3) is 0 Å². The lowest BCUT2D eigenvalue weighted by atomic mass is 10.3. The lowest BCUT2D eigenvalue weighted by Crippen LogP contribution is -2.11. The number of halogens is 3. The first-order valence-corrected chi connectivity index (χ1v) is 6.23. The van der Waals surface area contributed by atoms with Gasteiger partial charge in [0.2, 0.25) is 5.95 Å². The van der Waals surface area contributed by atoms with E-state index in [9.17, 15) is 13.2 Å². The normalized spacial score (nSPS) is 11.4. The molecule has 0 aromatic carbocycles. The second kappa shape index (κ2) is 5.63. The number of anilines is 1. The maximum absolute atomic E-state index is 12.4. The highest BCUT2D eigenvalue weighted by atomic mass is 32.2. The molecule has 2 heterocycles. The van der Waals surface area contributed by atoms with Crippen molar-refractivity contribution in [1.29, 1.82) is 0 Å². The Morgan fingerprint density at radius 1 is 1.20 bits per heavy atom. The van der Waals surface area contributed by atoms with Gasteiger partial charge in [-0.05, 0) is 36.9 Å². The quantitative estimate of drug-likeness (QED) is 0.515. The monoisotopic (exact) mass is 301 g/mol. The SMILES string of the molecule is Cc1cc(Sc2ccc(C(F)(F)F)cn2)nc(NN)n1. The molecule has 0 atom stereocenters. The standard InChI is InChI=1S/C11H10F3N5S/c1-6-4-9(18-10(17-6)19-15)20-8-3-2-7(5-16-8)11(12,13)14/h2-5H,15H2,1H3,(H,17,18,19). The van der Waals surface area contributed by atoms with Crippen LogP contribution in [-0.4, -0.2) is 15.0 Å². The fourth-order valence-corrected chi connectivity index (χ4v) is 2.19. The Morgan fingerprint density at radius 3 is 2.50 bits per heavy atom. The van der Waals surface area contributed by atoms with Crippen LogP contribution in [0.15, 0.2) is 34.4 Å². The van der Waals surface area contributed by atoms with Gasteiger partial charge in [0.1, 0.15) is 10.1 Å². The number of hydrogen-bond acceptors (Lipinski definition) is 6. The molecule has 0 radical (unpaired) electrons. The molecule has 5 nitrogen and oxygen atoms in total. The van der Waals surface area contributed by atoms with Gasteiger partial charge in [-0.15, -0.1) is 0 Å². The van der Waals surface area contributed by atoms with Crippen molar-refractivity contribution in [3.63, 3.8) is 0 Å². The van der Waals surface area contributed by atoms with E-state index in [2.05, 4.69) is 20.4 Å². The van der Waals surface area contributed by atoms with Crippen molar-refractivity contribution in [3.05, 3.63) is 35.7 Å². The van der Waals surface area contributed by atoms with E-state index in [1.54, 1.807) is 13.0 Å². The zero-order chi connectivity index (χ0) is 14.8. The topological polar surface area (TPSA) is 76.7 Å². The van der Waals surface area contributed by atoms with Crippen LogP contribution in [0.3, 0.4) is 0 Å². The molecule has 3 N–H and O–H groups in total. The van der Waals surface area contributed by atoms with E-state index < -0.39 is 11.7 Å². The summed E-state index contributed by atoms with van der Waals surface area (Å²) in [5, 5.41) is 0.941. The summed E-state index contributed by atoms with van der Waals surface area (Å²) in [4.78, 5) is 11.8. The average molecular weight is 301 g/mol. The maximum Gasteiger partial charge on any atom is 0.417 e. The molecule has 0 aliphatic heterocycles. The Morgan fingerprint density at radius 2 is 1.95 bits per heavy atom. The summed E-state index contributed by atoms with van der Waals surface area (Å²) >= 11 is 1.13. The second-order valence-corrected chi connectivity index (χ2v) is 4.84. The van der Waals surface area contributed by atoms with Gasteiger partial charge in [-0.2, -0.15) is 13.2 Å². The van der Waals surface area contributed by atoms with E-state index in [-0.39, 0.29) is 5.95 Å². The number of aryl methyl sites for hydroxylation is 1. The third kappa shape index (κ3) is 3.58.